The summed E-state index contributed by atoms with van der Waals surface area (Å²) >= 11 is 6.19. The van der Waals surface area contributed by atoms with Crippen LogP contribution in [-0.2, 0) is 4.79 Å². The fourth-order valence-electron chi connectivity index (χ4n) is 4.64. The van der Waals surface area contributed by atoms with Gasteiger partial charge in [-0.25, -0.2) is 9.67 Å². The summed E-state index contributed by atoms with van der Waals surface area (Å²) in [7, 11) is 0. The van der Waals surface area contributed by atoms with Crippen LogP contribution in [0.5, 0.6) is 0 Å². The molecule has 0 N–H and O–H groups in total. The lowest BCUT2D eigenvalue weighted by Gasteiger charge is -2.40. The maximum absolute atomic E-state index is 13.2. The normalized spacial score (nSPS) is 17.5. The van der Waals surface area contributed by atoms with E-state index in [1.807, 2.05) is 29.2 Å². The third kappa shape index (κ3) is 4.64. The molecule has 1 aromatic carbocycles. The van der Waals surface area contributed by atoms with E-state index in [4.69, 9.17) is 11.6 Å². The lowest BCUT2D eigenvalue weighted by atomic mass is 9.95. The van der Waals surface area contributed by atoms with E-state index in [0.717, 1.165) is 63.0 Å². The number of carbonyl (C=O) groups excluding carboxylic acids is 1. The lowest BCUT2D eigenvalue weighted by Crippen LogP contribution is -2.52. The molecule has 10 heteroatoms. The molecule has 2 aliphatic rings. The zero-order valence-corrected chi connectivity index (χ0v) is 19.4. The van der Waals surface area contributed by atoms with E-state index in [1.54, 1.807) is 11.0 Å². The van der Waals surface area contributed by atoms with Gasteiger partial charge < -0.3 is 14.7 Å². The number of hydrogen-bond donors (Lipinski definition) is 0. The highest BCUT2D eigenvalue weighted by atomic mass is 35.5. The van der Waals surface area contributed by atoms with Gasteiger partial charge in [-0.2, -0.15) is 5.10 Å². The van der Waals surface area contributed by atoms with Crippen molar-refractivity contribution in [3.8, 4) is 5.82 Å². The summed E-state index contributed by atoms with van der Waals surface area (Å²) in [6.07, 6.45) is 4.73. The minimum absolute atomic E-state index is 0.0723. The highest BCUT2D eigenvalue weighted by Gasteiger charge is 2.31. The predicted octanol–water partition coefficient (Wildman–Crippen LogP) is 2.58. The molecule has 33 heavy (non-hydrogen) atoms. The average molecular weight is 467 g/mol. The summed E-state index contributed by atoms with van der Waals surface area (Å²) < 4.78 is 1.58. The Labute approximate surface area is 198 Å². The Kier molecular flexibility index (Phi) is 6.13. The van der Waals surface area contributed by atoms with Gasteiger partial charge in [0.05, 0.1) is 0 Å². The van der Waals surface area contributed by atoms with Crippen molar-refractivity contribution in [3.63, 3.8) is 0 Å². The van der Waals surface area contributed by atoms with Crippen LogP contribution in [0.3, 0.4) is 0 Å². The molecule has 5 rings (SSSR count). The van der Waals surface area contributed by atoms with Crippen LogP contribution in [0.25, 0.3) is 5.82 Å². The number of anilines is 2. The van der Waals surface area contributed by atoms with E-state index >= 15 is 0 Å². The molecule has 2 saturated heterocycles. The van der Waals surface area contributed by atoms with Crippen LogP contribution in [0.1, 0.15) is 18.4 Å². The van der Waals surface area contributed by atoms with Gasteiger partial charge in [-0.1, -0.05) is 17.7 Å². The fraction of sp³-hybridized carbons (Fsp3) is 0.435. The standard InChI is InChI=1S/C23H27ClN8O/c1-17-2-3-19(24)14-20(17)29-10-12-31(13-11-29)23(33)18-6-8-30(9-7-18)21-4-5-22(28-27-21)32-16-25-15-26-32/h2-5,14-16,18H,6-13H2,1H3. The first-order valence-corrected chi connectivity index (χ1v) is 11.7. The quantitative estimate of drug-likeness (QED) is 0.584. The average Bonchev–Trinajstić information content (AvgIpc) is 3.41. The number of aromatic nitrogens is 5. The predicted molar refractivity (Wildman–Crippen MR) is 127 cm³/mol. The Morgan fingerprint density at radius 3 is 2.33 bits per heavy atom. The number of halogens is 1. The molecular weight excluding hydrogens is 440 g/mol. The maximum atomic E-state index is 13.2. The van der Waals surface area contributed by atoms with Crippen molar-refractivity contribution in [1.29, 1.82) is 0 Å². The zero-order chi connectivity index (χ0) is 22.8. The largest absolute Gasteiger partial charge is 0.368 e. The molecule has 3 aromatic rings. The van der Waals surface area contributed by atoms with Crippen molar-refractivity contribution in [2.75, 3.05) is 49.1 Å². The van der Waals surface area contributed by atoms with Crippen molar-refractivity contribution in [2.24, 2.45) is 5.92 Å². The van der Waals surface area contributed by atoms with Gasteiger partial charge in [0.25, 0.3) is 0 Å². The minimum atomic E-state index is 0.0723. The van der Waals surface area contributed by atoms with E-state index in [-0.39, 0.29) is 11.8 Å². The highest BCUT2D eigenvalue weighted by Crippen LogP contribution is 2.27. The molecule has 0 radical (unpaired) electrons. The van der Waals surface area contributed by atoms with Gasteiger partial charge in [-0.15, -0.1) is 10.2 Å². The Morgan fingerprint density at radius 2 is 1.67 bits per heavy atom. The first-order valence-electron chi connectivity index (χ1n) is 11.3. The first kappa shape index (κ1) is 21.6. The Morgan fingerprint density at radius 1 is 0.939 bits per heavy atom. The van der Waals surface area contributed by atoms with Gasteiger partial charge in [0.15, 0.2) is 11.6 Å². The number of piperazine rings is 1. The van der Waals surface area contributed by atoms with Gasteiger partial charge in [0.2, 0.25) is 5.91 Å². The van der Waals surface area contributed by atoms with Crippen LogP contribution in [0.4, 0.5) is 11.5 Å². The summed E-state index contributed by atoms with van der Waals surface area (Å²) in [5.74, 6) is 1.82. The van der Waals surface area contributed by atoms with Crippen LogP contribution in [-0.4, -0.2) is 75.0 Å². The summed E-state index contributed by atoms with van der Waals surface area (Å²) in [5, 5.41) is 13.4. The first-order chi connectivity index (χ1) is 16.1. The smallest absolute Gasteiger partial charge is 0.225 e. The van der Waals surface area contributed by atoms with Crippen molar-refractivity contribution < 1.29 is 4.79 Å². The highest BCUT2D eigenvalue weighted by molar-refractivity contribution is 6.30. The van der Waals surface area contributed by atoms with Gasteiger partial charge in [-0.05, 0) is 49.6 Å². The van der Waals surface area contributed by atoms with E-state index < -0.39 is 0 Å². The molecule has 172 valence electrons. The Balaban J connectivity index is 1.13. The van der Waals surface area contributed by atoms with E-state index in [0.29, 0.717) is 5.82 Å². The molecule has 2 aliphatic heterocycles. The van der Waals surface area contributed by atoms with Crippen LogP contribution in [0.2, 0.25) is 5.02 Å². The summed E-state index contributed by atoms with van der Waals surface area (Å²) in [4.78, 5) is 23.6. The van der Waals surface area contributed by atoms with Gasteiger partial charge in [0, 0.05) is 55.9 Å². The molecule has 4 heterocycles. The van der Waals surface area contributed by atoms with Gasteiger partial charge >= 0.3 is 0 Å². The monoisotopic (exact) mass is 466 g/mol. The molecule has 0 unspecified atom stereocenters. The summed E-state index contributed by atoms with van der Waals surface area (Å²) in [5.41, 5.74) is 2.38. The molecule has 9 nitrogen and oxygen atoms in total. The third-order valence-electron chi connectivity index (χ3n) is 6.56. The number of carbonyl (C=O) groups is 1. The molecule has 0 saturated carbocycles. The molecular formula is C23H27ClN8O. The minimum Gasteiger partial charge on any atom is -0.368 e. The van der Waals surface area contributed by atoms with Crippen LogP contribution in [0.15, 0.2) is 43.0 Å². The molecule has 0 atom stereocenters. The number of benzene rings is 1. The molecule has 2 fully saturated rings. The fourth-order valence-corrected chi connectivity index (χ4v) is 4.81. The number of hydrogen-bond acceptors (Lipinski definition) is 7. The second-order valence-electron chi connectivity index (χ2n) is 8.59. The van der Waals surface area contributed by atoms with E-state index in [9.17, 15) is 4.79 Å². The van der Waals surface area contributed by atoms with Crippen LogP contribution in [0, 0.1) is 12.8 Å². The third-order valence-corrected chi connectivity index (χ3v) is 6.80. The molecule has 2 aromatic heterocycles. The van der Waals surface area contributed by atoms with Crippen LogP contribution >= 0.6 is 11.6 Å². The lowest BCUT2D eigenvalue weighted by molar-refractivity contribution is -0.136. The molecule has 0 aliphatic carbocycles. The van der Waals surface area contributed by atoms with Crippen molar-refractivity contribution >= 4 is 29.0 Å². The topological polar surface area (TPSA) is 83.3 Å². The van der Waals surface area contributed by atoms with Crippen molar-refractivity contribution in [3.05, 3.63) is 53.6 Å². The number of rotatable bonds is 4. The molecule has 1 amide bonds. The van der Waals surface area contributed by atoms with Crippen molar-refractivity contribution in [1.82, 2.24) is 29.9 Å². The van der Waals surface area contributed by atoms with Gasteiger partial charge in [-0.3, -0.25) is 4.79 Å². The number of piperidine rings is 1. The van der Waals surface area contributed by atoms with E-state index in [1.165, 1.54) is 17.6 Å². The van der Waals surface area contributed by atoms with Crippen LogP contribution < -0.4 is 9.80 Å². The number of amides is 1. The Bertz CT molecular complexity index is 1090. The Hall–Kier alpha value is -3.20. The second-order valence-corrected chi connectivity index (χ2v) is 9.03. The maximum Gasteiger partial charge on any atom is 0.225 e. The zero-order valence-electron chi connectivity index (χ0n) is 18.6. The molecule has 0 spiro atoms. The summed E-state index contributed by atoms with van der Waals surface area (Å²) in [6.45, 7) is 6.87. The number of aryl methyl sites for hydroxylation is 1. The molecule has 0 bridgehead atoms. The summed E-state index contributed by atoms with van der Waals surface area (Å²) in [6, 6.07) is 9.82. The van der Waals surface area contributed by atoms with E-state index in [2.05, 4.69) is 43.1 Å². The second kappa shape index (κ2) is 9.35. The van der Waals surface area contributed by atoms with Crippen molar-refractivity contribution in [2.45, 2.75) is 19.8 Å². The number of nitrogens with zero attached hydrogens (tertiary/aromatic N) is 8. The SMILES string of the molecule is Cc1ccc(Cl)cc1N1CCN(C(=O)C2CCN(c3ccc(-n4cncn4)nn3)CC2)CC1. The van der Waals surface area contributed by atoms with Gasteiger partial charge in [0.1, 0.15) is 12.7 Å².